The third-order valence-electron chi connectivity index (χ3n) is 2.99. The van der Waals surface area contributed by atoms with E-state index in [2.05, 4.69) is 28.6 Å². The molecule has 3 rings (SSSR count). The predicted molar refractivity (Wildman–Crippen MR) is 75.1 cm³/mol. The first-order chi connectivity index (χ1) is 8.79. The Labute approximate surface area is 108 Å². The van der Waals surface area contributed by atoms with Gasteiger partial charge in [0.15, 0.2) is 0 Å². The average molecular weight is 256 g/mol. The number of aromatic amines is 1. The molecule has 0 amide bonds. The smallest absolute Gasteiger partial charge is 0.267 e. The minimum atomic E-state index is -0.137. The second-order valence-corrected chi connectivity index (χ2v) is 5.03. The highest BCUT2D eigenvalue weighted by Gasteiger charge is 2.09. The zero-order chi connectivity index (χ0) is 12.5. The zero-order valence-corrected chi connectivity index (χ0v) is 10.8. The molecule has 3 nitrogen and oxygen atoms in total. The maximum absolute atomic E-state index is 11.7. The van der Waals surface area contributed by atoms with Crippen LogP contribution in [-0.2, 0) is 6.42 Å². The van der Waals surface area contributed by atoms with Crippen LogP contribution in [0.25, 0.3) is 21.3 Å². The number of nitrogens with zero attached hydrogens (tertiary/aromatic N) is 1. The fourth-order valence-corrected chi connectivity index (χ4v) is 2.99. The number of fused-ring (bicyclic) bond motifs is 1. The van der Waals surface area contributed by atoms with Crippen LogP contribution in [-0.4, -0.2) is 10.2 Å². The van der Waals surface area contributed by atoms with Gasteiger partial charge in [0.25, 0.3) is 5.56 Å². The number of nitrogens with one attached hydrogen (secondary N) is 1. The Hall–Kier alpha value is -1.94. The first-order valence-electron chi connectivity index (χ1n) is 5.85. The lowest BCUT2D eigenvalue weighted by atomic mass is 10.1. The van der Waals surface area contributed by atoms with Crippen molar-refractivity contribution in [1.82, 2.24) is 10.2 Å². The van der Waals surface area contributed by atoms with Crippen molar-refractivity contribution in [1.29, 1.82) is 0 Å². The molecule has 0 fully saturated rings. The summed E-state index contributed by atoms with van der Waals surface area (Å²) in [7, 11) is 0. The van der Waals surface area contributed by atoms with Crippen LogP contribution in [0.1, 0.15) is 12.5 Å². The van der Waals surface area contributed by atoms with Crippen molar-refractivity contribution in [2.75, 3.05) is 0 Å². The summed E-state index contributed by atoms with van der Waals surface area (Å²) in [4.78, 5) is 12.8. The molecule has 90 valence electrons. The van der Waals surface area contributed by atoms with Gasteiger partial charge in [-0.1, -0.05) is 25.1 Å². The van der Waals surface area contributed by atoms with E-state index in [0.717, 1.165) is 22.4 Å². The summed E-state index contributed by atoms with van der Waals surface area (Å²) in [6.07, 6.45) is 1.01. The van der Waals surface area contributed by atoms with Crippen LogP contribution in [0.15, 0.2) is 40.5 Å². The molecule has 0 spiro atoms. The minimum Gasteiger partial charge on any atom is -0.267 e. The second kappa shape index (κ2) is 4.38. The standard InChI is InChI=1S/C14H12N2OS/c1-2-9-7-12(18-8-9)13-10-5-3-4-6-11(10)14(17)16-15-13/h3-8H,2H2,1H3,(H,16,17). The van der Waals surface area contributed by atoms with Crippen molar-refractivity contribution >= 4 is 22.1 Å². The number of hydrogen-bond donors (Lipinski definition) is 1. The third-order valence-corrected chi connectivity index (χ3v) is 3.98. The molecule has 0 unspecified atom stereocenters. The lowest BCUT2D eigenvalue weighted by Crippen LogP contribution is -2.08. The predicted octanol–water partition coefficient (Wildman–Crippen LogP) is 3.21. The van der Waals surface area contributed by atoms with E-state index in [4.69, 9.17) is 0 Å². The van der Waals surface area contributed by atoms with E-state index in [1.807, 2.05) is 24.3 Å². The van der Waals surface area contributed by atoms with Gasteiger partial charge < -0.3 is 0 Å². The van der Waals surface area contributed by atoms with E-state index in [9.17, 15) is 4.79 Å². The highest BCUT2D eigenvalue weighted by molar-refractivity contribution is 7.13. The van der Waals surface area contributed by atoms with Gasteiger partial charge in [-0.25, -0.2) is 5.10 Å². The number of rotatable bonds is 2. The molecule has 0 atom stereocenters. The molecule has 0 saturated carbocycles. The van der Waals surface area contributed by atoms with E-state index in [1.165, 1.54) is 5.56 Å². The van der Waals surface area contributed by atoms with Gasteiger partial charge in [-0.3, -0.25) is 4.79 Å². The molecule has 0 aliphatic heterocycles. The van der Waals surface area contributed by atoms with Crippen molar-refractivity contribution in [3.05, 3.63) is 51.6 Å². The van der Waals surface area contributed by atoms with Gasteiger partial charge in [0, 0.05) is 5.39 Å². The van der Waals surface area contributed by atoms with Crippen LogP contribution < -0.4 is 5.56 Å². The second-order valence-electron chi connectivity index (χ2n) is 4.12. The molecule has 2 aromatic heterocycles. The lowest BCUT2D eigenvalue weighted by Gasteiger charge is -2.01. The van der Waals surface area contributed by atoms with Crippen molar-refractivity contribution < 1.29 is 0 Å². The summed E-state index contributed by atoms with van der Waals surface area (Å²) >= 11 is 1.66. The minimum absolute atomic E-state index is 0.137. The van der Waals surface area contributed by atoms with Gasteiger partial charge in [0.2, 0.25) is 0 Å². The molecule has 3 aromatic rings. The summed E-state index contributed by atoms with van der Waals surface area (Å²) < 4.78 is 0. The van der Waals surface area contributed by atoms with E-state index in [-0.39, 0.29) is 5.56 Å². The van der Waals surface area contributed by atoms with Crippen molar-refractivity contribution in [3.63, 3.8) is 0 Å². The zero-order valence-electron chi connectivity index (χ0n) is 9.93. The molecule has 0 bridgehead atoms. The molecule has 18 heavy (non-hydrogen) atoms. The Kier molecular flexibility index (Phi) is 2.72. The number of aromatic nitrogens is 2. The van der Waals surface area contributed by atoms with Crippen LogP contribution in [0, 0.1) is 0 Å². The summed E-state index contributed by atoms with van der Waals surface area (Å²) in [5.41, 5.74) is 2.02. The lowest BCUT2D eigenvalue weighted by molar-refractivity contribution is 1.02. The van der Waals surface area contributed by atoms with Crippen LogP contribution >= 0.6 is 11.3 Å². The van der Waals surface area contributed by atoms with E-state index < -0.39 is 0 Å². The molecule has 0 saturated heterocycles. The summed E-state index contributed by atoms with van der Waals surface area (Å²) in [6, 6.07) is 9.71. The van der Waals surface area contributed by atoms with Gasteiger partial charge in [0.1, 0.15) is 5.69 Å². The fraction of sp³-hybridized carbons (Fsp3) is 0.143. The molecule has 2 heterocycles. The fourth-order valence-electron chi connectivity index (χ4n) is 1.99. The highest BCUT2D eigenvalue weighted by atomic mass is 32.1. The molecule has 0 aliphatic carbocycles. The summed E-state index contributed by atoms with van der Waals surface area (Å²) in [5.74, 6) is 0. The van der Waals surface area contributed by atoms with Crippen LogP contribution in [0.5, 0.6) is 0 Å². The normalized spacial score (nSPS) is 10.9. The molecular formula is C14H12N2OS. The average Bonchev–Trinajstić information content (AvgIpc) is 2.88. The Morgan fingerprint density at radius 3 is 2.78 bits per heavy atom. The first kappa shape index (κ1) is 11.2. The van der Waals surface area contributed by atoms with Crippen LogP contribution in [0.4, 0.5) is 0 Å². The van der Waals surface area contributed by atoms with Gasteiger partial charge >= 0.3 is 0 Å². The van der Waals surface area contributed by atoms with Gasteiger partial charge in [0.05, 0.1) is 10.3 Å². The Bertz CT molecular complexity index is 758. The Morgan fingerprint density at radius 2 is 2.06 bits per heavy atom. The van der Waals surface area contributed by atoms with E-state index >= 15 is 0 Å². The van der Waals surface area contributed by atoms with Crippen molar-refractivity contribution in [3.8, 4) is 10.6 Å². The monoisotopic (exact) mass is 256 g/mol. The van der Waals surface area contributed by atoms with Crippen molar-refractivity contribution in [2.45, 2.75) is 13.3 Å². The van der Waals surface area contributed by atoms with Crippen LogP contribution in [0.2, 0.25) is 0 Å². The topological polar surface area (TPSA) is 45.8 Å². The number of H-pyrrole nitrogens is 1. The van der Waals surface area contributed by atoms with E-state index in [1.54, 1.807) is 11.3 Å². The van der Waals surface area contributed by atoms with Crippen LogP contribution in [0.3, 0.4) is 0 Å². The van der Waals surface area contributed by atoms with E-state index in [0.29, 0.717) is 5.39 Å². The summed E-state index contributed by atoms with van der Waals surface area (Å²) in [5, 5.41) is 10.5. The third kappa shape index (κ3) is 1.75. The maximum Gasteiger partial charge on any atom is 0.272 e. The number of benzene rings is 1. The highest BCUT2D eigenvalue weighted by Crippen LogP contribution is 2.29. The number of thiophene rings is 1. The molecular weight excluding hydrogens is 244 g/mol. The van der Waals surface area contributed by atoms with Gasteiger partial charge in [-0.05, 0) is 29.5 Å². The Morgan fingerprint density at radius 1 is 1.28 bits per heavy atom. The molecule has 1 N–H and O–H groups in total. The maximum atomic E-state index is 11.7. The number of aryl methyl sites for hydroxylation is 1. The number of hydrogen-bond acceptors (Lipinski definition) is 3. The quantitative estimate of drug-likeness (QED) is 0.765. The SMILES string of the molecule is CCc1csc(-c2n[nH]c(=O)c3ccccc23)c1. The van der Waals surface area contributed by atoms with Gasteiger partial charge in [-0.15, -0.1) is 11.3 Å². The molecule has 0 radical (unpaired) electrons. The molecule has 4 heteroatoms. The molecule has 0 aliphatic rings. The van der Waals surface area contributed by atoms with Gasteiger partial charge in [-0.2, -0.15) is 5.10 Å². The first-order valence-corrected chi connectivity index (χ1v) is 6.72. The largest absolute Gasteiger partial charge is 0.272 e. The Balaban J connectivity index is 2.29. The van der Waals surface area contributed by atoms with Crippen molar-refractivity contribution in [2.24, 2.45) is 0 Å². The summed E-state index contributed by atoms with van der Waals surface area (Å²) in [6.45, 7) is 2.13. The molecule has 1 aromatic carbocycles.